The first-order valence-corrected chi connectivity index (χ1v) is 5.10. The van der Waals surface area contributed by atoms with Crippen molar-refractivity contribution in [1.29, 1.82) is 0 Å². The van der Waals surface area contributed by atoms with Crippen molar-refractivity contribution in [2.45, 2.75) is 30.9 Å². The highest BCUT2D eigenvalue weighted by molar-refractivity contribution is 5.93. The number of Topliss-reactive ketones (excluding diaryl/α,β-unsaturated/α-hetero) is 1. The minimum atomic E-state index is -4.40. The van der Waals surface area contributed by atoms with Gasteiger partial charge in [0.2, 0.25) is 0 Å². The second-order valence-corrected chi connectivity index (χ2v) is 4.16. The lowest BCUT2D eigenvalue weighted by Crippen LogP contribution is -2.26. The first kappa shape index (κ1) is 11.2. The first-order chi connectivity index (χ1) is 7.44. The smallest absolute Gasteiger partial charge is 0.298 e. The highest BCUT2D eigenvalue weighted by Crippen LogP contribution is 2.50. The van der Waals surface area contributed by atoms with E-state index in [0.717, 1.165) is 0 Å². The zero-order chi connectivity index (χ0) is 11.8. The van der Waals surface area contributed by atoms with Crippen molar-refractivity contribution >= 4 is 5.78 Å². The third-order valence-corrected chi connectivity index (χ3v) is 2.97. The van der Waals surface area contributed by atoms with Gasteiger partial charge >= 0.3 is 6.18 Å². The minimum Gasteiger partial charge on any atom is -0.298 e. The van der Waals surface area contributed by atoms with Crippen LogP contribution in [-0.2, 0) is 10.2 Å². The second kappa shape index (κ2) is 3.61. The summed E-state index contributed by atoms with van der Waals surface area (Å²) < 4.78 is 36.5. The number of halogens is 3. The first-order valence-electron chi connectivity index (χ1n) is 5.10. The predicted octanol–water partition coefficient (Wildman–Crippen LogP) is 3.24. The summed E-state index contributed by atoms with van der Waals surface area (Å²) >= 11 is 0. The van der Waals surface area contributed by atoms with Gasteiger partial charge in [-0.25, -0.2) is 0 Å². The van der Waals surface area contributed by atoms with Crippen LogP contribution in [-0.4, -0.2) is 12.0 Å². The van der Waals surface area contributed by atoms with Crippen LogP contribution in [0.2, 0.25) is 0 Å². The molecule has 0 aromatic heterocycles. The van der Waals surface area contributed by atoms with Gasteiger partial charge in [-0.3, -0.25) is 4.79 Å². The van der Waals surface area contributed by atoms with Crippen LogP contribution in [0.25, 0.3) is 0 Å². The van der Waals surface area contributed by atoms with Crippen molar-refractivity contribution in [3.8, 4) is 0 Å². The average Bonchev–Trinajstić information content (AvgIpc) is 2.97. The van der Waals surface area contributed by atoms with E-state index in [1.807, 2.05) is 0 Å². The molecule has 0 bridgehead atoms. The summed E-state index contributed by atoms with van der Waals surface area (Å²) in [6.45, 7) is 0. The molecular weight excluding hydrogens is 217 g/mol. The lowest BCUT2D eigenvalue weighted by molar-refractivity contribution is -0.154. The van der Waals surface area contributed by atoms with E-state index in [2.05, 4.69) is 0 Å². The summed E-state index contributed by atoms with van der Waals surface area (Å²) in [5.74, 6) is -0.703. The molecule has 1 aromatic carbocycles. The van der Waals surface area contributed by atoms with Gasteiger partial charge in [-0.1, -0.05) is 30.3 Å². The number of carbonyl (C=O) groups excluding carboxylic acids is 1. The molecule has 0 unspecified atom stereocenters. The molecule has 0 radical (unpaired) electrons. The topological polar surface area (TPSA) is 17.1 Å². The van der Waals surface area contributed by atoms with E-state index in [-0.39, 0.29) is 0 Å². The number of hydrogen-bond acceptors (Lipinski definition) is 1. The Hall–Kier alpha value is -1.32. The van der Waals surface area contributed by atoms with Crippen molar-refractivity contribution in [2.24, 2.45) is 0 Å². The highest BCUT2D eigenvalue weighted by atomic mass is 19.4. The zero-order valence-corrected chi connectivity index (χ0v) is 8.55. The molecule has 0 heterocycles. The fraction of sp³-hybridized carbons (Fsp3) is 0.417. The van der Waals surface area contributed by atoms with Gasteiger partial charge in [0.05, 0.1) is 5.41 Å². The summed E-state index contributed by atoms with van der Waals surface area (Å²) in [6.07, 6.45) is -4.65. The Kier molecular flexibility index (Phi) is 2.52. The lowest BCUT2D eigenvalue weighted by atomic mass is 9.89. The van der Waals surface area contributed by atoms with Crippen LogP contribution in [0.3, 0.4) is 0 Å². The number of rotatable bonds is 3. The largest absolute Gasteiger partial charge is 0.395 e. The standard InChI is InChI=1S/C12H11F3O/c13-12(14,15)8-10(16)11(6-7-11)9-4-2-1-3-5-9/h1-5H,6-8H2. The molecule has 0 atom stereocenters. The van der Waals surface area contributed by atoms with Crippen LogP contribution in [0.5, 0.6) is 0 Å². The molecule has 1 nitrogen and oxygen atoms in total. The number of benzene rings is 1. The van der Waals surface area contributed by atoms with Gasteiger partial charge < -0.3 is 0 Å². The number of hydrogen-bond donors (Lipinski definition) is 0. The number of alkyl halides is 3. The van der Waals surface area contributed by atoms with Crippen molar-refractivity contribution in [1.82, 2.24) is 0 Å². The van der Waals surface area contributed by atoms with Gasteiger partial charge in [-0.2, -0.15) is 13.2 Å². The van der Waals surface area contributed by atoms with Crippen LogP contribution in [0.1, 0.15) is 24.8 Å². The zero-order valence-electron chi connectivity index (χ0n) is 8.55. The van der Waals surface area contributed by atoms with Gasteiger partial charge in [-0.05, 0) is 18.4 Å². The fourth-order valence-corrected chi connectivity index (χ4v) is 1.96. The molecule has 0 amide bonds. The molecule has 1 saturated carbocycles. The van der Waals surface area contributed by atoms with Gasteiger partial charge in [0, 0.05) is 0 Å². The Bertz CT molecular complexity index is 390. The van der Waals surface area contributed by atoms with Crippen molar-refractivity contribution in [3.05, 3.63) is 35.9 Å². The summed E-state index contributed by atoms with van der Waals surface area (Å²) in [4.78, 5) is 11.6. The van der Waals surface area contributed by atoms with Crippen LogP contribution < -0.4 is 0 Å². The Morgan fingerprint density at radius 2 is 1.75 bits per heavy atom. The average molecular weight is 228 g/mol. The number of ketones is 1. The quantitative estimate of drug-likeness (QED) is 0.776. The molecule has 86 valence electrons. The predicted molar refractivity (Wildman–Crippen MR) is 53.0 cm³/mol. The summed E-state index contributed by atoms with van der Waals surface area (Å²) in [7, 11) is 0. The van der Waals surface area contributed by atoms with E-state index < -0.39 is 23.8 Å². The van der Waals surface area contributed by atoms with Crippen molar-refractivity contribution in [2.75, 3.05) is 0 Å². The lowest BCUT2D eigenvalue weighted by Gasteiger charge is -2.15. The van der Waals surface area contributed by atoms with Gasteiger partial charge in [0.15, 0.2) is 5.78 Å². The second-order valence-electron chi connectivity index (χ2n) is 4.16. The molecule has 1 fully saturated rings. The van der Waals surface area contributed by atoms with Crippen molar-refractivity contribution in [3.63, 3.8) is 0 Å². The van der Waals surface area contributed by atoms with E-state index in [0.29, 0.717) is 18.4 Å². The van der Waals surface area contributed by atoms with Crippen LogP contribution in [0.15, 0.2) is 30.3 Å². The fourth-order valence-electron chi connectivity index (χ4n) is 1.96. The van der Waals surface area contributed by atoms with E-state index in [4.69, 9.17) is 0 Å². The highest BCUT2D eigenvalue weighted by Gasteiger charge is 2.53. The van der Waals surface area contributed by atoms with Gasteiger partial charge in [0.25, 0.3) is 0 Å². The summed E-state index contributed by atoms with van der Waals surface area (Å²) in [5, 5.41) is 0. The third kappa shape index (κ3) is 2.10. The Balaban J connectivity index is 2.18. The molecule has 0 N–H and O–H groups in total. The van der Waals surface area contributed by atoms with Crippen LogP contribution in [0.4, 0.5) is 13.2 Å². The molecule has 1 aliphatic rings. The summed E-state index contributed by atoms with van der Waals surface area (Å²) in [6, 6.07) is 8.73. The van der Waals surface area contributed by atoms with E-state index >= 15 is 0 Å². The molecule has 1 aromatic rings. The minimum absolute atomic E-state index is 0.534. The third-order valence-electron chi connectivity index (χ3n) is 2.97. The Morgan fingerprint density at radius 1 is 1.19 bits per heavy atom. The van der Waals surface area contributed by atoms with E-state index in [1.165, 1.54) is 0 Å². The molecule has 2 rings (SSSR count). The molecule has 0 spiro atoms. The van der Waals surface area contributed by atoms with E-state index in [1.54, 1.807) is 30.3 Å². The van der Waals surface area contributed by atoms with E-state index in [9.17, 15) is 18.0 Å². The maximum Gasteiger partial charge on any atom is 0.395 e. The molecule has 16 heavy (non-hydrogen) atoms. The molecular formula is C12H11F3O. The Morgan fingerprint density at radius 3 is 2.19 bits per heavy atom. The molecule has 0 aliphatic heterocycles. The summed E-state index contributed by atoms with van der Waals surface area (Å²) in [5.41, 5.74) is -0.138. The van der Waals surface area contributed by atoms with Gasteiger partial charge in [-0.15, -0.1) is 0 Å². The SMILES string of the molecule is O=C(CC(F)(F)F)C1(c2ccccc2)CC1. The normalized spacial score (nSPS) is 18.2. The molecule has 1 aliphatic carbocycles. The van der Waals surface area contributed by atoms with Gasteiger partial charge in [0.1, 0.15) is 6.42 Å². The maximum absolute atomic E-state index is 12.2. The van der Waals surface area contributed by atoms with Crippen molar-refractivity contribution < 1.29 is 18.0 Å². The maximum atomic E-state index is 12.2. The Labute approximate surface area is 91.3 Å². The molecule has 4 heteroatoms. The van der Waals surface area contributed by atoms with Crippen LogP contribution >= 0.6 is 0 Å². The molecule has 0 saturated heterocycles. The number of carbonyl (C=O) groups is 1. The monoisotopic (exact) mass is 228 g/mol. The van der Waals surface area contributed by atoms with Crippen LogP contribution in [0, 0.1) is 0 Å².